The lowest BCUT2D eigenvalue weighted by Crippen LogP contribution is -2.23. The number of nitrogens with two attached hydrogens (primary N) is 2. The summed E-state index contributed by atoms with van der Waals surface area (Å²) in [6, 6.07) is 6.71. The Morgan fingerprint density at radius 3 is 2.60 bits per heavy atom. The number of carbonyl (C=O) groups excluding carboxylic acids is 1. The standard InChI is InChI=1S/C10H14N2O2.ClH/c1-14-10(13)8-5-3-2-4-7(8)9(12)6-11;/h2-5,9H,6,11-12H2,1H3;1H/t9-;/m0./s1. The molecular weight excluding hydrogens is 216 g/mol. The first-order valence-electron chi connectivity index (χ1n) is 4.33. The zero-order valence-electron chi connectivity index (χ0n) is 8.47. The van der Waals surface area contributed by atoms with Gasteiger partial charge in [-0.1, -0.05) is 18.2 Å². The van der Waals surface area contributed by atoms with E-state index in [1.165, 1.54) is 7.11 Å². The number of benzene rings is 1. The predicted octanol–water partition coefficient (Wildman–Crippen LogP) is 0.853. The fraction of sp³-hybridized carbons (Fsp3) is 0.300. The highest BCUT2D eigenvalue weighted by atomic mass is 35.5. The highest BCUT2D eigenvalue weighted by Crippen LogP contribution is 2.15. The highest BCUT2D eigenvalue weighted by molar-refractivity contribution is 5.91. The zero-order chi connectivity index (χ0) is 10.6. The minimum atomic E-state index is -0.385. The van der Waals surface area contributed by atoms with Crippen molar-refractivity contribution in [2.24, 2.45) is 11.5 Å². The summed E-state index contributed by atoms with van der Waals surface area (Å²) in [5.74, 6) is -0.385. The number of ether oxygens (including phenoxy) is 1. The van der Waals surface area contributed by atoms with Crippen LogP contribution in [0.25, 0.3) is 0 Å². The quantitative estimate of drug-likeness (QED) is 0.755. The monoisotopic (exact) mass is 230 g/mol. The number of rotatable bonds is 3. The van der Waals surface area contributed by atoms with E-state index in [9.17, 15) is 4.79 Å². The van der Waals surface area contributed by atoms with Crippen LogP contribution in [0.3, 0.4) is 0 Å². The average Bonchev–Trinajstić information content (AvgIpc) is 2.27. The third-order valence-corrected chi connectivity index (χ3v) is 2.02. The molecule has 0 bridgehead atoms. The van der Waals surface area contributed by atoms with E-state index >= 15 is 0 Å². The van der Waals surface area contributed by atoms with Crippen LogP contribution in [0.15, 0.2) is 24.3 Å². The van der Waals surface area contributed by atoms with Gasteiger partial charge in [0.25, 0.3) is 0 Å². The van der Waals surface area contributed by atoms with Crippen molar-refractivity contribution in [3.63, 3.8) is 0 Å². The third kappa shape index (κ3) is 3.20. The maximum Gasteiger partial charge on any atom is 0.338 e. The first-order chi connectivity index (χ1) is 6.70. The third-order valence-electron chi connectivity index (χ3n) is 2.02. The Kier molecular flexibility index (Phi) is 5.93. The highest BCUT2D eigenvalue weighted by Gasteiger charge is 2.14. The van der Waals surface area contributed by atoms with E-state index in [1.807, 2.05) is 6.07 Å². The van der Waals surface area contributed by atoms with Crippen LogP contribution >= 0.6 is 12.4 Å². The Morgan fingerprint density at radius 2 is 2.07 bits per heavy atom. The van der Waals surface area contributed by atoms with E-state index in [0.29, 0.717) is 12.1 Å². The maximum atomic E-state index is 11.3. The van der Waals surface area contributed by atoms with Gasteiger partial charge in [-0.25, -0.2) is 4.79 Å². The van der Waals surface area contributed by atoms with Crippen LogP contribution in [0.2, 0.25) is 0 Å². The lowest BCUT2D eigenvalue weighted by molar-refractivity contribution is 0.0599. The largest absolute Gasteiger partial charge is 0.465 e. The molecule has 4 nitrogen and oxygen atoms in total. The topological polar surface area (TPSA) is 78.3 Å². The molecule has 0 aliphatic carbocycles. The summed E-state index contributed by atoms with van der Waals surface area (Å²) in [7, 11) is 1.34. The van der Waals surface area contributed by atoms with Crippen LogP contribution in [-0.2, 0) is 4.74 Å². The summed E-state index contributed by atoms with van der Waals surface area (Å²) in [5.41, 5.74) is 12.4. The second-order valence-electron chi connectivity index (χ2n) is 2.92. The number of methoxy groups -OCH3 is 1. The minimum absolute atomic E-state index is 0. The van der Waals surface area contributed by atoms with Crippen molar-refractivity contribution >= 4 is 18.4 Å². The van der Waals surface area contributed by atoms with Gasteiger partial charge in [0, 0.05) is 12.6 Å². The van der Waals surface area contributed by atoms with E-state index in [4.69, 9.17) is 11.5 Å². The first kappa shape index (κ1) is 13.9. The number of halogens is 1. The summed E-state index contributed by atoms with van der Waals surface area (Å²) in [6.07, 6.45) is 0. The molecule has 84 valence electrons. The molecule has 0 fully saturated rings. The normalized spacial score (nSPS) is 11.4. The van der Waals surface area contributed by atoms with Crippen LogP contribution in [-0.4, -0.2) is 19.6 Å². The second kappa shape index (κ2) is 6.40. The van der Waals surface area contributed by atoms with Gasteiger partial charge in [0.15, 0.2) is 0 Å². The van der Waals surface area contributed by atoms with Gasteiger partial charge < -0.3 is 16.2 Å². The fourth-order valence-electron chi connectivity index (χ4n) is 1.24. The number of esters is 1. The van der Waals surface area contributed by atoms with Crippen molar-refractivity contribution in [2.75, 3.05) is 13.7 Å². The van der Waals surface area contributed by atoms with Gasteiger partial charge in [-0.05, 0) is 11.6 Å². The molecule has 0 spiro atoms. The molecule has 0 aliphatic heterocycles. The van der Waals surface area contributed by atoms with Crippen molar-refractivity contribution in [3.05, 3.63) is 35.4 Å². The fourth-order valence-corrected chi connectivity index (χ4v) is 1.24. The summed E-state index contributed by atoms with van der Waals surface area (Å²) >= 11 is 0. The maximum absolute atomic E-state index is 11.3. The van der Waals surface area contributed by atoms with Crippen LogP contribution in [0.5, 0.6) is 0 Å². The van der Waals surface area contributed by atoms with Gasteiger partial charge in [0.1, 0.15) is 0 Å². The van der Waals surface area contributed by atoms with E-state index in [1.54, 1.807) is 18.2 Å². The second-order valence-corrected chi connectivity index (χ2v) is 2.92. The molecule has 15 heavy (non-hydrogen) atoms. The van der Waals surface area contributed by atoms with Gasteiger partial charge >= 0.3 is 5.97 Å². The average molecular weight is 231 g/mol. The lowest BCUT2D eigenvalue weighted by atomic mass is 10.0. The summed E-state index contributed by atoms with van der Waals surface area (Å²) in [5, 5.41) is 0. The molecule has 1 aromatic carbocycles. The van der Waals surface area contributed by atoms with Crippen molar-refractivity contribution in [3.8, 4) is 0 Å². The van der Waals surface area contributed by atoms with Crippen LogP contribution in [0.4, 0.5) is 0 Å². The van der Waals surface area contributed by atoms with Gasteiger partial charge in [-0.3, -0.25) is 0 Å². The Balaban J connectivity index is 0.00000196. The summed E-state index contributed by atoms with van der Waals surface area (Å²) < 4.78 is 4.64. The van der Waals surface area contributed by atoms with E-state index in [0.717, 1.165) is 5.56 Å². The molecule has 0 amide bonds. The molecule has 5 heteroatoms. The Labute approximate surface area is 95.0 Å². The van der Waals surface area contributed by atoms with Gasteiger partial charge in [-0.2, -0.15) is 0 Å². The van der Waals surface area contributed by atoms with Crippen LogP contribution in [0.1, 0.15) is 22.0 Å². The van der Waals surface area contributed by atoms with Crippen molar-refractivity contribution < 1.29 is 9.53 Å². The van der Waals surface area contributed by atoms with Crippen molar-refractivity contribution in [2.45, 2.75) is 6.04 Å². The lowest BCUT2D eigenvalue weighted by Gasteiger charge is -2.12. The van der Waals surface area contributed by atoms with Crippen molar-refractivity contribution in [1.82, 2.24) is 0 Å². The van der Waals surface area contributed by atoms with Crippen LogP contribution < -0.4 is 11.5 Å². The Bertz CT molecular complexity index is 331. The molecule has 0 heterocycles. The van der Waals surface area contributed by atoms with E-state index in [-0.39, 0.29) is 24.4 Å². The predicted molar refractivity (Wildman–Crippen MR) is 61.0 cm³/mol. The molecule has 0 saturated carbocycles. The SMILES string of the molecule is COC(=O)c1ccccc1[C@@H](N)CN.Cl. The Morgan fingerprint density at radius 1 is 1.47 bits per heavy atom. The van der Waals surface area contributed by atoms with Crippen LogP contribution in [0, 0.1) is 0 Å². The minimum Gasteiger partial charge on any atom is -0.465 e. The van der Waals surface area contributed by atoms with Gasteiger partial charge in [-0.15, -0.1) is 12.4 Å². The molecule has 1 aromatic rings. The van der Waals surface area contributed by atoms with Crippen molar-refractivity contribution in [1.29, 1.82) is 0 Å². The molecule has 0 radical (unpaired) electrons. The zero-order valence-corrected chi connectivity index (χ0v) is 9.29. The van der Waals surface area contributed by atoms with Gasteiger partial charge in [0.05, 0.1) is 12.7 Å². The molecule has 4 N–H and O–H groups in total. The molecule has 0 unspecified atom stereocenters. The molecule has 0 aromatic heterocycles. The van der Waals surface area contributed by atoms with Gasteiger partial charge in [0.2, 0.25) is 0 Å². The molecule has 1 atom stereocenters. The number of carbonyl (C=O) groups is 1. The number of hydrogen-bond acceptors (Lipinski definition) is 4. The number of hydrogen-bond donors (Lipinski definition) is 2. The molecule has 0 aliphatic rings. The Hall–Kier alpha value is -1.10. The molecule has 0 saturated heterocycles. The summed E-state index contributed by atoms with van der Waals surface area (Å²) in [6.45, 7) is 0.300. The van der Waals surface area contributed by atoms with E-state index < -0.39 is 0 Å². The smallest absolute Gasteiger partial charge is 0.338 e. The summed E-state index contributed by atoms with van der Waals surface area (Å²) in [4.78, 5) is 11.3. The molecule has 1 rings (SSSR count). The molecular formula is C10H15ClN2O2. The first-order valence-corrected chi connectivity index (χ1v) is 4.33. The van der Waals surface area contributed by atoms with E-state index in [2.05, 4.69) is 4.74 Å².